The molecule has 2 amide bonds. The van der Waals surface area contributed by atoms with Crippen LogP contribution in [0.25, 0.3) is 11.0 Å². The van der Waals surface area contributed by atoms with Crippen molar-refractivity contribution in [3.8, 4) is 6.07 Å². The largest absolute Gasteiger partial charge is 0.370 e. The maximum Gasteiger partial charge on any atom is 0.323 e. The number of rotatable bonds is 4. The summed E-state index contributed by atoms with van der Waals surface area (Å²) < 4.78 is 4.23. The van der Waals surface area contributed by atoms with Gasteiger partial charge in [-0.15, -0.1) is 0 Å². The summed E-state index contributed by atoms with van der Waals surface area (Å²) in [6, 6.07) is 4.49. The number of nitrogens with zero attached hydrogens (tertiary/aromatic N) is 7. The summed E-state index contributed by atoms with van der Waals surface area (Å²) >= 11 is 1.19. The summed E-state index contributed by atoms with van der Waals surface area (Å²) in [6.45, 7) is 1.47. The fourth-order valence-corrected chi connectivity index (χ4v) is 5.63. The molecular formula is C21H25N9OS. The van der Waals surface area contributed by atoms with Crippen LogP contribution in [0.3, 0.4) is 0 Å². The number of fused-ring (bicyclic) bond motifs is 2. The van der Waals surface area contributed by atoms with Crippen LogP contribution >= 0.6 is 11.5 Å². The van der Waals surface area contributed by atoms with Gasteiger partial charge in [0.15, 0.2) is 0 Å². The first-order chi connectivity index (χ1) is 15.4. The molecule has 0 unspecified atom stereocenters. The van der Waals surface area contributed by atoms with Gasteiger partial charge in [-0.2, -0.15) is 14.6 Å². The third kappa shape index (κ3) is 3.50. The van der Waals surface area contributed by atoms with Crippen molar-refractivity contribution in [3.05, 3.63) is 24.0 Å². The first-order valence-corrected chi connectivity index (χ1v) is 11.4. The lowest BCUT2D eigenvalue weighted by molar-refractivity contribution is 0.218. The lowest BCUT2D eigenvalue weighted by Gasteiger charge is -2.29. The highest BCUT2D eigenvalue weighted by molar-refractivity contribution is 7.10. The van der Waals surface area contributed by atoms with E-state index in [-0.39, 0.29) is 6.03 Å². The van der Waals surface area contributed by atoms with Crippen molar-refractivity contribution in [2.75, 3.05) is 49.3 Å². The average molecular weight is 452 g/mol. The van der Waals surface area contributed by atoms with Crippen LogP contribution in [0.2, 0.25) is 0 Å². The van der Waals surface area contributed by atoms with E-state index in [0.717, 1.165) is 42.7 Å². The lowest BCUT2D eigenvalue weighted by Crippen LogP contribution is -2.36. The van der Waals surface area contributed by atoms with E-state index < -0.39 is 0 Å². The number of hydrogen-bond acceptors (Lipinski definition) is 8. The highest BCUT2D eigenvalue weighted by Crippen LogP contribution is 2.42. The molecule has 2 aliphatic rings. The van der Waals surface area contributed by atoms with Crippen LogP contribution in [-0.2, 0) is 0 Å². The third-order valence-electron chi connectivity index (χ3n) is 6.62. The molecule has 2 N–H and O–H groups in total. The maximum absolute atomic E-state index is 12.7. The zero-order valence-corrected chi connectivity index (χ0v) is 19.1. The second-order valence-corrected chi connectivity index (χ2v) is 9.51. The first kappa shape index (κ1) is 20.5. The molecule has 2 fully saturated rings. The number of H-pyrrole nitrogens is 1. The Hall–Kier alpha value is -3.39. The van der Waals surface area contributed by atoms with Gasteiger partial charge in [0.25, 0.3) is 0 Å². The van der Waals surface area contributed by atoms with E-state index in [2.05, 4.69) is 42.7 Å². The molecule has 3 atom stereocenters. The van der Waals surface area contributed by atoms with Crippen molar-refractivity contribution < 1.29 is 4.79 Å². The summed E-state index contributed by atoms with van der Waals surface area (Å²) in [6.07, 6.45) is 5.48. The number of pyridine rings is 1. The lowest BCUT2D eigenvalue weighted by atomic mass is 10.0. The second-order valence-electron chi connectivity index (χ2n) is 8.76. The Balaban J connectivity index is 1.25. The van der Waals surface area contributed by atoms with Gasteiger partial charge in [0.05, 0.1) is 11.3 Å². The fraction of sp³-hybridized carbons (Fsp3) is 0.476. The molecule has 166 valence electrons. The number of urea groups is 1. The molecule has 1 saturated carbocycles. The molecule has 1 saturated heterocycles. The van der Waals surface area contributed by atoms with Crippen molar-refractivity contribution in [3.63, 3.8) is 0 Å². The number of amides is 2. The zero-order chi connectivity index (χ0) is 22.4. The number of nitriles is 1. The minimum atomic E-state index is -0.110. The van der Waals surface area contributed by atoms with Crippen molar-refractivity contribution in [1.29, 1.82) is 5.26 Å². The summed E-state index contributed by atoms with van der Waals surface area (Å²) in [5, 5.41) is 14.0. The smallest absolute Gasteiger partial charge is 0.323 e. The van der Waals surface area contributed by atoms with Gasteiger partial charge in [0.2, 0.25) is 11.1 Å². The molecule has 11 heteroatoms. The molecule has 3 aromatic heterocycles. The van der Waals surface area contributed by atoms with Gasteiger partial charge < -0.3 is 19.7 Å². The Kier molecular flexibility index (Phi) is 5.09. The number of likely N-dealkylation sites (tertiary alicyclic amines) is 1. The molecule has 5 rings (SSSR count). The number of hydrogen-bond donors (Lipinski definition) is 2. The van der Waals surface area contributed by atoms with Gasteiger partial charge in [0, 0.05) is 69.6 Å². The van der Waals surface area contributed by atoms with E-state index in [0.29, 0.717) is 34.5 Å². The number of aromatic amines is 1. The van der Waals surface area contributed by atoms with Gasteiger partial charge in [-0.3, -0.25) is 5.32 Å². The Labute approximate surface area is 190 Å². The van der Waals surface area contributed by atoms with E-state index in [9.17, 15) is 10.1 Å². The maximum atomic E-state index is 12.7. The summed E-state index contributed by atoms with van der Waals surface area (Å²) in [5.41, 5.74) is 2.32. The van der Waals surface area contributed by atoms with Crippen molar-refractivity contribution in [1.82, 2.24) is 24.2 Å². The molecule has 4 heterocycles. The van der Waals surface area contributed by atoms with Crippen molar-refractivity contribution >= 4 is 45.4 Å². The molecule has 0 radical (unpaired) electrons. The second kappa shape index (κ2) is 7.94. The average Bonchev–Trinajstić information content (AvgIpc) is 3.54. The minimum Gasteiger partial charge on any atom is -0.370 e. The summed E-state index contributed by atoms with van der Waals surface area (Å²) in [4.78, 5) is 30.5. The molecule has 32 heavy (non-hydrogen) atoms. The predicted molar refractivity (Wildman–Crippen MR) is 124 cm³/mol. The number of anilines is 3. The Morgan fingerprint density at radius 2 is 2.06 bits per heavy atom. The number of carbonyl (C=O) groups excluding carboxylic acids is 1. The van der Waals surface area contributed by atoms with Gasteiger partial charge >= 0.3 is 6.03 Å². The first-order valence-electron chi connectivity index (χ1n) is 10.6. The Bertz CT molecular complexity index is 1180. The quantitative estimate of drug-likeness (QED) is 0.626. The normalized spacial score (nSPS) is 22.1. The van der Waals surface area contributed by atoms with Gasteiger partial charge in [-0.1, -0.05) is 0 Å². The third-order valence-corrected chi connectivity index (χ3v) is 7.24. The molecular weight excluding hydrogens is 426 g/mol. The van der Waals surface area contributed by atoms with Crippen LogP contribution in [0, 0.1) is 23.2 Å². The topological polar surface area (TPSA) is 117 Å². The number of nitrogens with one attached hydrogen (secondary N) is 2. The molecule has 0 spiro atoms. The van der Waals surface area contributed by atoms with Gasteiger partial charge in [0.1, 0.15) is 11.7 Å². The van der Waals surface area contributed by atoms with Crippen LogP contribution in [0.5, 0.6) is 0 Å². The van der Waals surface area contributed by atoms with E-state index >= 15 is 0 Å². The van der Waals surface area contributed by atoms with E-state index in [1.54, 1.807) is 6.20 Å². The van der Waals surface area contributed by atoms with Crippen LogP contribution in [0.1, 0.15) is 18.4 Å². The van der Waals surface area contributed by atoms with Crippen molar-refractivity contribution in [2.45, 2.75) is 18.9 Å². The standard InChI is InChI=1S/C21H25N9OS/c1-28(2)19-25-20(32-27-19)26-21(31)30-10-12-6-15(7-13(12)11-30)29(3)17-14(8-22)9-24-18-16(17)4-5-23-18/h4-5,9,12-13,15H,6-7,10-11H2,1-3H3,(H,23,24)(H,25,26,27,31)/t12-,13+,15+. The zero-order valence-electron chi connectivity index (χ0n) is 18.2. The monoisotopic (exact) mass is 451 g/mol. The highest BCUT2D eigenvalue weighted by atomic mass is 32.1. The Morgan fingerprint density at radius 1 is 1.31 bits per heavy atom. The molecule has 1 aliphatic carbocycles. The number of carbonyl (C=O) groups is 1. The summed E-state index contributed by atoms with van der Waals surface area (Å²) in [7, 11) is 5.81. The summed E-state index contributed by atoms with van der Waals surface area (Å²) in [5.74, 6) is 1.50. The van der Waals surface area contributed by atoms with E-state index in [1.165, 1.54) is 11.5 Å². The van der Waals surface area contributed by atoms with E-state index in [4.69, 9.17) is 0 Å². The molecule has 0 bridgehead atoms. The van der Waals surface area contributed by atoms with Crippen LogP contribution in [0.15, 0.2) is 18.5 Å². The van der Waals surface area contributed by atoms with Crippen LogP contribution in [-0.4, -0.2) is 70.5 Å². The Morgan fingerprint density at radius 3 is 2.72 bits per heavy atom. The molecule has 1 aliphatic heterocycles. The molecule has 10 nitrogen and oxygen atoms in total. The SMILES string of the molecule is CN(C)c1nsc(NC(=O)N2C[C@H]3C[C@H](N(C)c4c(C#N)cnc5[nH]ccc45)C[C@H]3C2)n1. The minimum absolute atomic E-state index is 0.110. The van der Waals surface area contributed by atoms with Crippen molar-refractivity contribution in [2.24, 2.45) is 11.8 Å². The van der Waals surface area contributed by atoms with Crippen LogP contribution in [0.4, 0.5) is 21.6 Å². The fourth-order valence-electron chi connectivity index (χ4n) is 5.01. The molecule has 0 aromatic carbocycles. The molecule has 3 aromatic rings. The predicted octanol–water partition coefficient (Wildman–Crippen LogP) is 2.73. The van der Waals surface area contributed by atoms with Crippen LogP contribution < -0.4 is 15.1 Å². The number of aromatic nitrogens is 4. The van der Waals surface area contributed by atoms with Gasteiger partial charge in [-0.25, -0.2) is 9.78 Å². The van der Waals surface area contributed by atoms with Gasteiger partial charge in [-0.05, 0) is 30.7 Å². The van der Waals surface area contributed by atoms with E-state index in [1.807, 2.05) is 36.2 Å². The highest BCUT2D eigenvalue weighted by Gasteiger charge is 2.44.